The zero-order valence-corrected chi connectivity index (χ0v) is 12.3. The Balaban J connectivity index is 2.05. The van der Waals surface area contributed by atoms with Crippen LogP contribution in [0.3, 0.4) is 0 Å². The summed E-state index contributed by atoms with van der Waals surface area (Å²) < 4.78 is 21.4. The number of benzene rings is 1. The lowest BCUT2D eigenvalue weighted by Crippen LogP contribution is -2.06. The van der Waals surface area contributed by atoms with Crippen molar-refractivity contribution in [3.8, 4) is 11.5 Å². The van der Waals surface area contributed by atoms with Crippen molar-refractivity contribution in [2.45, 2.75) is 19.4 Å². The van der Waals surface area contributed by atoms with E-state index < -0.39 is 0 Å². The maximum Gasteiger partial charge on any atom is 0.309 e. The lowest BCUT2D eigenvalue weighted by molar-refractivity contribution is -0.139. The molecule has 2 unspecified atom stereocenters. The summed E-state index contributed by atoms with van der Waals surface area (Å²) in [6.45, 7) is 2.32. The maximum absolute atomic E-state index is 11.4. The van der Waals surface area contributed by atoms with E-state index in [1.54, 1.807) is 7.11 Å². The smallest absolute Gasteiger partial charge is 0.309 e. The van der Waals surface area contributed by atoms with Gasteiger partial charge in [-0.1, -0.05) is 19.1 Å². The van der Waals surface area contributed by atoms with Gasteiger partial charge in [0.05, 0.1) is 19.6 Å². The quantitative estimate of drug-likeness (QED) is 0.801. The van der Waals surface area contributed by atoms with Gasteiger partial charge in [0, 0.05) is 18.6 Å². The van der Waals surface area contributed by atoms with Crippen LogP contribution in [0.15, 0.2) is 18.2 Å². The van der Waals surface area contributed by atoms with Crippen molar-refractivity contribution in [2.75, 3.05) is 21.0 Å². The molecule has 1 aliphatic heterocycles. The lowest BCUT2D eigenvalue weighted by atomic mass is 9.99. The van der Waals surface area contributed by atoms with Crippen LogP contribution in [0, 0.1) is 5.92 Å². The normalized spacial score (nSPS) is 24.2. The molecule has 1 aliphatic carbocycles. The third kappa shape index (κ3) is 2.17. The van der Waals surface area contributed by atoms with E-state index in [0.29, 0.717) is 0 Å². The van der Waals surface area contributed by atoms with Crippen LogP contribution in [-0.4, -0.2) is 27.0 Å². The molecule has 1 heterocycles. The van der Waals surface area contributed by atoms with Crippen molar-refractivity contribution < 1.29 is 23.7 Å². The summed E-state index contributed by atoms with van der Waals surface area (Å²) in [6.07, 6.45) is 2.07. The van der Waals surface area contributed by atoms with Crippen LogP contribution in [-0.2, 0) is 14.3 Å². The molecule has 112 valence electrons. The first kappa shape index (κ1) is 13.9. The van der Waals surface area contributed by atoms with Crippen molar-refractivity contribution in [1.29, 1.82) is 0 Å². The molecule has 3 rings (SSSR count). The third-order valence-corrected chi connectivity index (χ3v) is 4.09. The van der Waals surface area contributed by atoms with Crippen LogP contribution in [0.2, 0.25) is 0 Å². The minimum Gasteiger partial charge on any atom is -0.469 e. The van der Waals surface area contributed by atoms with Crippen LogP contribution >= 0.6 is 0 Å². The fourth-order valence-electron chi connectivity index (χ4n) is 3.08. The van der Waals surface area contributed by atoms with Crippen molar-refractivity contribution in [2.24, 2.45) is 5.92 Å². The molecule has 0 bridgehead atoms. The molecule has 0 amide bonds. The van der Waals surface area contributed by atoms with Crippen molar-refractivity contribution >= 4 is 11.5 Å². The molecular weight excluding hydrogens is 272 g/mol. The Kier molecular flexibility index (Phi) is 3.59. The van der Waals surface area contributed by atoms with E-state index in [0.717, 1.165) is 28.2 Å². The second-order valence-corrected chi connectivity index (χ2v) is 5.15. The first-order chi connectivity index (χ1) is 10.2. The van der Waals surface area contributed by atoms with Gasteiger partial charge in [-0.05, 0) is 17.2 Å². The summed E-state index contributed by atoms with van der Waals surface area (Å²) in [6, 6.07) is 3.90. The molecular formula is C16H18O5. The van der Waals surface area contributed by atoms with Gasteiger partial charge in [0.15, 0.2) is 11.5 Å². The number of rotatable bonds is 3. The van der Waals surface area contributed by atoms with Crippen molar-refractivity contribution in [3.05, 3.63) is 29.3 Å². The number of hydrogen-bond donors (Lipinski definition) is 0. The summed E-state index contributed by atoms with van der Waals surface area (Å²) in [5.41, 5.74) is 3.15. The van der Waals surface area contributed by atoms with Gasteiger partial charge < -0.3 is 18.9 Å². The minimum absolute atomic E-state index is 0.0967. The molecule has 0 radical (unpaired) electrons. The van der Waals surface area contributed by atoms with E-state index in [2.05, 4.69) is 6.92 Å². The van der Waals surface area contributed by atoms with Gasteiger partial charge in [0.1, 0.15) is 0 Å². The molecule has 0 aromatic heterocycles. The van der Waals surface area contributed by atoms with Crippen LogP contribution in [0.1, 0.15) is 30.6 Å². The molecule has 5 nitrogen and oxygen atoms in total. The number of carbonyl (C=O) groups excluding carboxylic acids is 1. The Morgan fingerprint density at radius 3 is 2.90 bits per heavy atom. The van der Waals surface area contributed by atoms with Gasteiger partial charge in [0.25, 0.3) is 0 Å². The lowest BCUT2D eigenvalue weighted by Gasteiger charge is -2.16. The van der Waals surface area contributed by atoms with Gasteiger partial charge in [-0.25, -0.2) is 0 Å². The fraction of sp³-hybridized carbons (Fsp3) is 0.438. The van der Waals surface area contributed by atoms with Crippen molar-refractivity contribution in [3.63, 3.8) is 0 Å². The zero-order valence-electron chi connectivity index (χ0n) is 12.3. The van der Waals surface area contributed by atoms with Crippen LogP contribution in [0.4, 0.5) is 0 Å². The van der Waals surface area contributed by atoms with Gasteiger partial charge >= 0.3 is 5.97 Å². The summed E-state index contributed by atoms with van der Waals surface area (Å²) in [5, 5.41) is 0. The Morgan fingerprint density at radius 2 is 2.19 bits per heavy atom. The van der Waals surface area contributed by atoms with Gasteiger partial charge in [-0.15, -0.1) is 0 Å². The summed E-state index contributed by atoms with van der Waals surface area (Å²) >= 11 is 0. The average molecular weight is 290 g/mol. The maximum atomic E-state index is 11.4. The molecule has 1 aromatic carbocycles. The van der Waals surface area contributed by atoms with E-state index in [4.69, 9.17) is 18.9 Å². The predicted molar refractivity (Wildman–Crippen MR) is 76.1 cm³/mol. The molecule has 0 fully saturated rings. The van der Waals surface area contributed by atoms with E-state index in [-0.39, 0.29) is 31.2 Å². The minimum atomic E-state index is -0.252. The number of methoxy groups -OCH3 is 2. The Bertz CT molecular complexity index is 605. The molecule has 5 heteroatoms. The molecule has 2 aliphatic rings. The van der Waals surface area contributed by atoms with Crippen LogP contribution in [0.5, 0.6) is 11.5 Å². The summed E-state index contributed by atoms with van der Waals surface area (Å²) in [7, 11) is 3.08. The molecule has 1 aromatic rings. The molecule has 2 atom stereocenters. The average Bonchev–Trinajstić information content (AvgIpc) is 3.06. The Hall–Kier alpha value is -2.01. The number of hydrogen-bond acceptors (Lipinski definition) is 5. The van der Waals surface area contributed by atoms with E-state index in [9.17, 15) is 4.79 Å². The Labute approximate surface area is 123 Å². The zero-order chi connectivity index (χ0) is 15.0. The monoisotopic (exact) mass is 290 g/mol. The molecule has 0 spiro atoms. The van der Waals surface area contributed by atoms with E-state index >= 15 is 0 Å². The third-order valence-electron chi connectivity index (χ3n) is 4.09. The first-order valence-electron chi connectivity index (χ1n) is 6.90. The summed E-state index contributed by atoms with van der Waals surface area (Å²) in [4.78, 5) is 11.4. The topological polar surface area (TPSA) is 54.0 Å². The standard InChI is InChI=1S/C16H18O5/c1-9-10(5-7-13(17)18-2)11-4-6-12-16(21-8-20-12)14(11)15(9)19-3/h4-6,9,15H,7-8H2,1-3H3. The van der Waals surface area contributed by atoms with Gasteiger partial charge in [-0.2, -0.15) is 0 Å². The highest BCUT2D eigenvalue weighted by atomic mass is 16.7. The predicted octanol–water partition coefficient (Wildman–Crippen LogP) is 2.70. The number of fused-ring (bicyclic) bond motifs is 3. The number of ether oxygens (including phenoxy) is 4. The number of esters is 1. The number of carbonyl (C=O) groups is 1. The highest BCUT2D eigenvalue weighted by molar-refractivity contribution is 5.82. The van der Waals surface area contributed by atoms with Crippen LogP contribution in [0.25, 0.3) is 5.57 Å². The second kappa shape index (κ2) is 5.41. The highest BCUT2D eigenvalue weighted by Crippen LogP contribution is 2.53. The molecule has 0 saturated carbocycles. The second-order valence-electron chi connectivity index (χ2n) is 5.15. The molecule has 21 heavy (non-hydrogen) atoms. The van der Waals surface area contributed by atoms with Gasteiger partial charge in [-0.3, -0.25) is 4.79 Å². The highest BCUT2D eigenvalue weighted by Gasteiger charge is 2.38. The largest absolute Gasteiger partial charge is 0.469 e. The van der Waals surface area contributed by atoms with Gasteiger partial charge in [0.2, 0.25) is 6.79 Å². The molecule has 0 N–H and O–H groups in total. The Morgan fingerprint density at radius 1 is 1.38 bits per heavy atom. The van der Waals surface area contributed by atoms with E-state index in [1.807, 2.05) is 18.2 Å². The first-order valence-corrected chi connectivity index (χ1v) is 6.90. The van der Waals surface area contributed by atoms with E-state index in [1.165, 1.54) is 7.11 Å². The molecule has 0 saturated heterocycles. The summed E-state index contributed by atoms with van der Waals surface area (Å²) in [5.74, 6) is 1.40. The fourth-order valence-corrected chi connectivity index (χ4v) is 3.08. The van der Waals surface area contributed by atoms with Crippen molar-refractivity contribution in [1.82, 2.24) is 0 Å². The SMILES string of the molecule is COC(=O)CC=C1c2ccc3c(c2C(OC)C1C)OCO3. The van der Waals surface area contributed by atoms with Crippen LogP contribution < -0.4 is 9.47 Å².